The van der Waals surface area contributed by atoms with Gasteiger partial charge >= 0.3 is 5.97 Å². The average molecular weight is 367 g/mol. The summed E-state index contributed by atoms with van der Waals surface area (Å²) in [5.41, 5.74) is 2.02. The summed E-state index contributed by atoms with van der Waals surface area (Å²) in [6.07, 6.45) is -0.537. The Balaban J connectivity index is 1.70. The predicted octanol–water partition coefficient (Wildman–Crippen LogP) is 4.96. The quantitative estimate of drug-likeness (QED) is 0.647. The number of furan rings is 1. The molecule has 0 bridgehead atoms. The second kappa shape index (κ2) is 7.86. The number of esters is 1. The third-order valence-corrected chi connectivity index (χ3v) is 3.90. The lowest BCUT2D eigenvalue weighted by Crippen LogP contribution is -2.10. The molecule has 1 atom stereocenters. The van der Waals surface area contributed by atoms with Gasteiger partial charge in [0.15, 0.2) is 0 Å². The summed E-state index contributed by atoms with van der Waals surface area (Å²) >= 11 is 0. The molecule has 1 amide bonds. The second-order valence-electron chi connectivity index (χ2n) is 6.02. The van der Waals surface area contributed by atoms with E-state index >= 15 is 0 Å². The van der Waals surface area contributed by atoms with Crippen LogP contribution in [-0.2, 0) is 9.53 Å². The van der Waals surface area contributed by atoms with E-state index < -0.39 is 12.1 Å². The van der Waals surface area contributed by atoms with E-state index in [-0.39, 0.29) is 17.5 Å². The molecule has 2 aromatic carbocycles. The van der Waals surface area contributed by atoms with E-state index in [0.29, 0.717) is 17.0 Å². The van der Waals surface area contributed by atoms with Crippen LogP contribution in [0.2, 0.25) is 0 Å². The number of amides is 1. The molecule has 3 rings (SSSR count). The number of halogens is 1. The minimum absolute atomic E-state index is 0.0548. The summed E-state index contributed by atoms with van der Waals surface area (Å²) in [5, 5.41) is 2.69. The molecule has 0 spiro atoms. The van der Waals surface area contributed by atoms with Crippen LogP contribution < -0.4 is 5.32 Å². The maximum atomic E-state index is 13.0. The fraction of sp³-hybridized carbons (Fsp3) is 0.143. The molecule has 1 N–H and O–H groups in total. The van der Waals surface area contributed by atoms with Crippen LogP contribution in [0.1, 0.15) is 36.1 Å². The lowest BCUT2D eigenvalue weighted by atomic mass is 10.1. The lowest BCUT2D eigenvalue weighted by Gasteiger charge is -2.14. The molecule has 5 nitrogen and oxygen atoms in total. The van der Waals surface area contributed by atoms with Gasteiger partial charge < -0.3 is 14.5 Å². The van der Waals surface area contributed by atoms with E-state index in [4.69, 9.17) is 9.15 Å². The molecule has 1 unspecified atom stereocenters. The molecule has 0 fully saturated rings. The first-order valence-corrected chi connectivity index (χ1v) is 8.36. The van der Waals surface area contributed by atoms with Gasteiger partial charge in [-0.3, -0.25) is 4.79 Å². The second-order valence-corrected chi connectivity index (χ2v) is 6.02. The fourth-order valence-corrected chi connectivity index (χ4v) is 2.58. The van der Waals surface area contributed by atoms with Crippen LogP contribution in [0.25, 0.3) is 11.3 Å². The summed E-state index contributed by atoms with van der Waals surface area (Å²) in [6, 6.07) is 16.0. The molecular formula is C21H18FNO4. The summed E-state index contributed by atoms with van der Waals surface area (Å²) < 4.78 is 24.0. The Hall–Kier alpha value is -3.41. The summed E-state index contributed by atoms with van der Waals surface area (Å²) in [4.78, 5) is 23.5. The van der Waals surface area contributed by atoms with Crippen molar-refractivity contribution < 1.29 is 23.1 Å². The van der Waals surface area contributed by atoms with Crippen molar-refractivity contribution in [2.24, 2.45) is 0 Å². The molecule has 0 aliphatic carbocycles. The van der Waals surface area contributed by atoms with Gasteiger partial charge in [0.1, 0.15) is 17.7 Å². The van der Waals surface area contributed by atoms with Gasteiger partial charge in [0.2, 0.25) is 11.7 Å². The van der Waals surface area contributed by atoms with Gasteiger partial charge in [0.05, 0.1) is 0 Å². The molecule has 0 saturated carbocycles. The van der Waals surface area contributed by atoms with Gasteiger partial charge in [-0.05, 0) is 61.0 Å². The predicted molar refractivity (Wildman–Crippen MR) is 98.7 cm³/mol. The van der Waals surface area contributed by atoms with Gasteiger partial charge in [0.25, 0.3) is 0 Å². The van der Waals surface area contributed by atoms with Gasteiger partial charge in [-0.15, -0.1) is 0 Å². The maximum Gasteiger partial charge on any atom is 0.374 e. The molecule has 6 heteroatoms. The Morgan fingerprint density at radius 1 is 1.07 bits per heavy atom. The van der Waals surface area contributed by atoms with E-state index in [1.165, 1.54) is 25.1 Å². The lowest BCUT2D eigenvalue weighted by molar-refractivity contribution is -0.114. The van der Waals surface area contributed by atoms with Crippen molar-refractivity contribution in [1.29, 1.82) is 0 Å². The molecule has 1 heterocycles. The molecule has 0 saturated heterocycles. The maximum absolute atomic E-state index is 13.0. The van der Waals surface area contributed by atoms with E-state index in [1.54, 1.807) is 49.4 Å². The number of hydrogen-bond acceptors (Lipinski definition) is 4. The number of benzene rings is 2. The Morgan fingerprint density at radius 3 is 2.52 bits per heavy atom. The average Bonchev–Trinajstić information content (AvgIpc) is 3.12. The molecule has 0 aliphatic rings. The van der Waals surface area contributed by atoms with Crippen LogP contribution in [0, 0.1) is 5.82 Å². The molecule has 0 radical (unpaired) electrons. The van der Waals surface area contributed by atoms with Crippen molar-refractivity contribution in [3.05, 3.63) is 77.8 Å². The van der Waals surface area contributed by atoms with Crippen LogP contribution in [0.4, 0.5) is 10.1 Å². The minimum Gasteiger partial charge on any atom is -0.452 e. The summed E-state index contributed by atoms with van der Waals surface area (Å²) in [6.45, 7) is 3.15. The van der Waals surface area contributed by atoms with Crippen molar-refractivity contribution in [2.45, 2.75) is 20.0 Å². The standard InChI is InChI=1S/C21H18FNO4/c1-13(16-4-3-5-18(12-16)23-14(2)24)26-21(25)20-11-10-19(27-20)15-6-8-17(22)9-7-15/h3-13H,1-2H3,(H,23,24). The zero-order chi connectivity index (χ0) is 19.4. The number of nitrogens with one attached hydrogen (secondary N) is 1. The highest BCUT2D eigenvalue weighted by molar-refractivity contribution is 5.89. The van der Waals surface area contributed by atoms with Gasteiger partial charge in [-0.25, -0.2) is 9.18 Å². The molecule has 138 valence electrons. The number of ether oxygens (including phenoxy) is 1. The van der Waals surface area contributed by atoms with Crippen LogP contribution in [0.15, 0.2) is 65.1 Å². The highest BCUT2D eigenvalue weighted by Crippen LogP contribution is 2.25. The van der Waals surface area contributed by atoms with Crippen LogP contribution in [0.5, 0.6) is 0 Å². The zero-order valence-corrected chi connectivity index (χ0v) is 14.9. The van der Waals surface area contributed by atoms with Crippen LogP contribution in [-0.4, -0.2) is 11.9 Å². The SMILES string of the molecule is CC(=O)Nc1cccc(C(C)OC(=O)c2ccc(-c3ccc(F)cc3)o2)c1. The van der Waals surface area contributed by atoms with Gasteiger partial charge in [-0.2, -0.15) is 0 Å². The number of carbonyl (C=O) groups is 2. The van der Waals surface area contributed by atoms with Gasteiger partial charge in [-0.1, -0.05) is 12.1 Å². The smallest absolute Gasteiger partial charge is 0.374 e. The first kappa shape index (κ1) is 18.4. The van der Waals surface area contributed by atoms with Crippen molar-refractivity contribution >= 4 is 17.6 Å². The van der Waals surface area contributed by atoms with Crippen LogP contribution in [0.3, 0.4) is 0 Å². The first-order chi connectivity index (χ1) is 12.9. The molecule has 27 heavy (non-hydrogen) atoms. The van der Waals surface area contributed by atoms with Crippen molar-refractivity contribution in [3.8, 4) is 11.3 Å². The largest absolute Gasteiger partial charge is 0.452 e. The zero-order valence-electron chi connectivity index (χ0n) is 14.9. The van der Waals surface area contributed by atoms with E-state index in [1.807, 2.05) is 0 Å². The monoisotopic (exact) mass is 367 g/mol. The highest BCUT2D eigenvalue weighted by atomic mass is 19.1. The summed E-state index contributed by atoms with van der Waals surface area (Å²) in [5.74, 6) is -0.636. The third kappa shape index (κ3) is 4.61. The van der Waals surface area contributed by atoms with E-state index in [0.717, 1.165) is 5.56 Å². The number of hydrogen-bond donors (Lipinski definition) is 1. The number of carbonyl (C=O) groups excluding carboxylic acids is 2. The Labute approximate surface area is 155 Å². The molecular weight excluding hydrogens is 349 g/mol. The van der Waals surface area contributed by atoms with Gasteiger partial charge in [0, 0.05) is 18.2 Å². The molecule has 3 aromatic rings. The third-order valence-electron chi connectivity index (χ3n) is 3.90. The normalized spacial score (nSPS) is 11.7. The fourth-order valence-electron chi connectivity index (χ4n) is 2.58. The van der Waals surface area contributed by atoms with Crippen molar-refractivity contribution in [2.75, 3.05) is 5.32 Å². The number of anilines is 1. The van der Waals surface area contributed by atoms with Crippen molar-refractivity contribution in [1.82, 2.24) is 0 Å². The first-order valence-electron chi connectivity index (χ1n) is 8.36. The topological polar surface area (TPSA) is 68.5 Å². The molecule has 0 aliphatic heterocycles. The van der Waals surface area contributed by atoms with Crippen molar-refractivity contribution in [3.63, 3.8) is 0 Å². The van der Waals surface area contributed by atoms with E-state index in [9.17, 15) is 14.0 Å². The highest BCUT2D eigenvalue weighted by Gasteiger charge is 2.18. The van der Waals surface area contributed by atoms with E-state index in [2.05, 4.69) is 5.32 Å². The van der Waals surface area contributed by atoms with Crippen LogP contribution >= 0.6 is 0 Å². The Morgan fingerprint density at radius 2 is 1.81 bits per heavy atom. The Bertz CT molecular complexity index is 962. The Kier molecular flexibility index (Phi) is 5.35. The minimum atomic E-state index is -0.610. The summed E-state index contributed by atoms with van der Waals surface area (Å²) in [7, 11) is 0. The molecule has 1 aromatic heterocycles. The number of rotatable bonds is 5.